The third kappa shape index (κ3) is 3.97. The fourth-order valence-corrected chi connectivity index (χ4v) is 2.81. The number of hydrogen-bond acceptors (Lipinski definition) is 3. The molecular formula is C17H26N2O2. The smallest absolute Gasteiger partial charge is 0.255 e. The van der Waals surface area contributed by atoms with Crippen LogP contribution in [0.2, 0.25) is 0 Å². The van der Waals surface area contributed by atoms with Crippen LogP contribution in [0.1, 0.15) is 42.6 Å². The van der Waals surface area contributed by atoms with Crippen molar-refractivity contribution in [2.45, 2.75) is 39.7 Å². The van der Waals surface area contributed by atoms with Crippen molar-refractivity contribution in [3.63, 3.8) is 0 Å². The van der Waals surface area contributed by atoms with E-state index in [1.165, 1.54) is 0 Å². The molecule has 0 aromatic heterocycles. The number of carbonyl (C=O) groups is 1. The second-order valence-electron chi connectivity index (χ2n) is 5.53. The Morgan fingerprint density at radius 2 is 2.05 bits per heavy atom. The number of ether oxygens (including phenoxy) is 1. The molecule has 2 rings (SSSR count). The largest absolute Gasteiger partial charge is 0.385 e. The number of nitrogens with zero attached hydrogens (tertiary/aromatic N) is 1. The molecule has 1 aliphatic rings. The standard InChI is InChI=1S/C17H26N2O2/c1-4-18-16-12-13(3)6-7-15(16)17(20)19-10-8-14(9-11-19)21-5-2/h6-7,12,14,18H,4-5,8-11H2,1-3H3. The van der Waals surface area contributed by atoms with Gasteiger partial charge in [-0.1, -0.05) is 6.07 Å². The van der Waals surface area contributed by atoms with Gasteiger partial charge in [-0.2, -0.15) is 0 Å². The topological polar surface area (TPSA) is 41.6 Å². The highest BCUT2D eigenvalue weighted by Gasteiger charge is 2.25. The van der Waals surface area contributed by atoms with E-state index in [0.717, 1.165) is 55.9 Å². The molecule has 1 saturated heterocycles. The molecule has 1 aromatic carbocycles. The van der Waals surface area contributed by atoms with Crippen molar-refractivity contribution in [2.24, 2.45) is 0 Å². The summed E-state index contributed by atoms with van der Waals surface area (Å²) in [6, 6.07) is 5.98. The Kier molecular flexibility index (Phi) is 5.62. The van der Waals surface area contributed by atoms with Crippen molar-refractivity contribution in [1.29, 1.82) is 0 Å². The number of nitrogens with one attached hydrogen (secondary N) is 1. The first-order chi connectivity index (χ1) is 10.2. The molecule has 1 heterocycles. The van der Waals surface area contributed by atoms with Gasteiger partial charge in [-0.05, 0) is 51.3 Å². The minimum atomic E-state index is 0.126. The average molecular weight is 290 g/mol. The number of benzene rings is 1. The van der Waals surface area contributed by atoms with Crippen molar-refractivity contribution in [2.75, 3.05) is 31.6 Å². The number of amides is 1. The van der Waals surface area contributed by atoms with Crippen LogP contribution in [0.4, 0.5) is 5.69 Å². The fraction of sp³-hybridized carbons (Fsp3) is 0.588. The lowest BCUT2D eigenvalue weighted by Crippen LogP contribution is -2.41. The van der Waals surface area contributed by atoms with E-state index >= 15 is 0 Å². The molecule has 4 heteroatoms. The molecule has 0 aliphatic carbocycles. The zero-order chi connectivity index (χ0) is 15.2. The van der Waals surface area contributed by atoms with E-state index in [1.807, 2.05) is 43.9 Å². The molecule has 1 N–H and O–H groups in total. The summed E-state index contributed by atoms with van der Waals surface area (Å²) in [6.45, 7) is 9.24. The summed E-state index contributed by atoms with van der Waals surface area (Å²) in [4.78, 5) is 14.7. The first kappa shape index (κ1) is 15.8. The number of likely N-dealkylation sites (tertiary alicyclic amines) is 1. The number of hydrogen-bond donors (Lipinski definition) is 1. The van der Waals surface area contributed by atoms with Crippen molar-refractivity contribution in [3.05, 3.63) is 29.3 Å². The van der Waals surface area contributed by atoms with Gasteiger partial charge in [-0.15, -0.1) is 0 Å². The number of rotatable bonds is 5. The van der Waals surface area contributed by atoms with Crippen molar-refractivity contribution in [3.8, 4) is 0 Å². The van der Waals surface area contributed by atoms with Gasteiger partial charge in [-0.3, -0.25) is 4.79 Å². The zero-order valence-electron chi connectivity index (χ0n) is 13.3. The quantitative estimate of drug-likeness (QED) is 0.906. The Balaban J connectivity index is 2.07. The number of carbonyl (C=O) groups excluding carboxylic acids is 1. The lowest BCUT2D eigenvalue weighted by Gasteiger charge is -2.32. The van der Waals surface area contributed by atoms with Crippen LogP contribution in [0, 0.1) is 6.92 Å². The Bertz CT molecular complexity index is 480. The Hall–Kier alpha value is -1.55. The molecule has 1 aromatic rings. The first-order valence-corrected chi connectivity index (χ1v) is 7.91. The fourth-order valence-electron chi connectivity index (χ4n) is 2.81. The van der Waals surface area contributed by atoms with Crippen LogP contribution >= 0.6 is 0 Å². The second-order valence-corrected chi connectivity index (χ2v) is 5.53. The van der Waals surface area contributed by atoms with Crippen LogP contribution in [-0.4, -0.2) is 43.2 Å². The van der Waals surface area contributed by atoms with Gasteiger partial charge in [0.25, 0.3) is 5.91 Å². The van der Waals surface area contributed by atoms with Crippen molar-refractivity contribution >= 4 is 11.6 Å². The van der Waals surface area contributed by atoms with E-state index in [2.05, 4.69) is 5.32 Å². The van der Waals surface area contributed by atoms with Gasteiger partial charge in [-0.25, -0.2) is 0 Å². The van der Waals surface area contributed by atoms with Gasteiger partial charge in [0, 0.05) is 31.9 Å². The lowest BCUT2D eigenvalue weighted by atomic mass is 10.0. The van der Waals surface area contributed by atoms with Crippen LogP contribution in [0.15, 0.2) is 18.2 Å². The van der Waals surface area contributed by atoms with Crippen LogP contribution < -0.4 is 5.32 Å². The molecule has 0 atom stereocenters. The number of anilines is 1. The van der Waals surface area contributed by atoms with Gasteiger partial charge >= 0.3 is 0 Å². The van der Waals surface area contributed by atoms with Gasteiger partial charge in [0.05, 0.1) is 11.7 Å². The number of aryl methyl sites for hydroxylation is 1. The second kappa shape index (κ2) is 7.46. The summed E-state index contributed by atoms with van der Waals surface area (Å²) in [5, 5.41) is 3.29. The predicted molar refractivity (Wildman–Crippen MR) is 85.9 cm³/mol. The van der Waals surface area contributed by atoms with E-state index in [-0.39, 0.29) is 5.91 Å². The van der Waals surface area contributed by atoms with Crippen molar-refractivity contribution in [1.82, 2.24) is 4.90 Å². The molecule has 116 valence electrons. The molecule has 4 nitrogen and oxygen atoms in total. The Morgan fingerprint density at radius 1 is 1.33 bits per heavy atom. The maximum Gasteiger partial charge on any atom is 0.255 e. The van der Waals surface area contributed by atoms with Gasteiger partial charge in [0.15, 0.2) is 0 Å². The molecule has 1 fully saturated rings. The minimum Gasteiger partial charge on any atom is -0.385 e. The summed E-state index contributed by atoms with van der Waals surface area (Å²) < 4.78 is 5.64. The molecule has 0 radical (unpaired) electrons. The maximum absolute atomic E-state index is 12.7. The lowest BCUT2D eigenvalue weighted by molar-refractivity contribution is 0.0146. The van der Waals surface area contributed by atoms with Crippen LogP contribution in [0.3, 0.4) is 0 Å². The third-order valence-corrected chi connectivity index (χ3v) is 3.90. The maximum atomic E-state index is 12.7. The molecule has 0 bridgehead atoms. The van der Waals surface area contributed by atoms with E-state index in [0.29, 0.717) is 6.10 Å². The number of piperidine rings is 1. The summed E-state index contributed by atoms with van der Waals surface area (Å²) >= 11 is 0. The molecule has 0 spiro atoms. The molecule has 1 aliphatic heterocycles. The van der Waals surface area contributed by atoms with E-state index in [4.69, 9.17) is 4.74 Å². The Labute approximate surface area is 127 Å². The summed E-state index contributed by atoms with van der Waals surface area (Å²) in [5.74, 6) is 0.126. The van der Waals surface area contributed by atoms with Gasteiger partial charge in [0.1, 0.15) is 0 Å². The predicted octanol–water partition coefficient (Wildman–Crippen LogP) is 3.07. The van der Waals surface area contributed by atoms with Gasteiger partial charge in [0.2, 0.25) is 0 Å². The summed E-state index contributed by atoms with van der Waals surface area (Å²) in [6.07, 6.45) is 2.18. The highest BCUT2D eigenvalue weighted by Crippen LogP contribution is 2.22. The van der Waals surface area contributed by atoms with Crippen molar-refractivity contribution < 1.29 is 9.53 Å². The summed E-state index contributed by atoms with van der Waals surface area (Å²) in [7, 11) is 0. The monoisotopic (exact) mass is 290 g/mol. The van der Waals surface area contributed by atoms with Crippen LogP contribution in [0.25, 0.3) is 0 Å². The minimum absolute atomic E-state index is 0.126. The third-order valence-electron chi connectivity index (χ3n) is 3.90. The molecular weight excluding hydrogens is 264 g/mol. The molecule has 21 heavy (non-hydrogen) atoms. The zero-order valence-corrected chi connectivity index (χ0v) is 13.3. The van der Waals surface area contributed by atoms with E-state index in [1.54, 1.807) is 0 Å². The molecule has 0 saturated carbocycles. The normalized spacial score (nSPS) is 16.0. The SMILES string of the molecule is CCNc1cc(C)ccc1C(=O)N1CCC(OCC)CC1. The van der Waals surface area contributed by atoms with E-state index in [9.17, 15) is 4.79 Å². The molecule has 0 unspecified atom stereocenters. The van der Waals surface area contributed by atoms with Crippen LogP contribution in [-0.2, 0) is 4.74 Å². The first-order valence-electron chi connectivity index (χ1n) is 7.91. The Morgan fingerprint density at radius 3 is 2.67 bits per heavy atom. The highest BCUT2D eigenvalue weighted by molar-refractivity contribution is 5.99. The van der Waals surface area contributed by atoms with E-state index < -0.39 is 0 Å². The molecule has 1 amide bonds. The van der Waals surface area contributed by atoms with Crippen LogP contribution in [0.5, 0.6) is 0 Å². The average Bonchev–Trinajstić information content (AvgIpc) is 2.48. The summed E-state index contributed by atoms with van der Waals surface area (Å²) in [5.41, 5.74) is 2.88. The van der Waals surface area contributed by atoms with Gasteiger partial charge < -0.3 is 15.0 Å². The highest BCUT2D eigenvalue weighted by atomic mass is 16.5.